The van der Waals surface area contributed by atoms with Gasteiger partial charge in [0, 0.05) is 19.2 Å². The number of aryl methyl sites for hydroxylation is 1. The van der Waals surface area contributed by atoms with Crippen LogP contribution < -0.4 is 0 Å². The second kappa shape index (κ2) is 4.42. The standard InChI is InChI=1S/C12H14N6O/c1-8-5-13-6-11(14-8)18-10-3-4-17(7-19)9(2)12(10)15-16-18/h5-7,9H,3-4H2,1-2H3. The lowest BCUT2D eigenvalue weighted by Gasteiger charge is -2.28. The molecule has 7 nitrogen and oxygen atoms in total. The Kier molecular flexibility index (Phi) is 2.73. The molecule has 1 amide bonds. The minimum absolute atomic E-state index is 0.0484. The maximum Gasteiger partial charge on any atom is 0.210 e. The van der Waals surface area contributed by atoms with Crippen molar-refractivity contribution >= 4 is 6.41 Å². The predicted molar refractivity (Wildman–Crippen MR) is 66.6 cm³/mol. The normalized spacial score (nSPS) is 18.2. The van der Waals surface area contributed by atoms with Crippen molar-refractivity contribution in [2.24, 2.45) is 0 Å². The van der Waals surface area contributed by atoms with E-state index in [9.17, 15) is 4.79 Å². The van der Waals surface area contributed by atoms with Crippen molar-refractivity contribution in [2.45, 2.75) is 26.3 Å². The number of rotatable bonds is 2. The van der Waals surface area contributed by atoms with E-state index >= 15 is 0 Å². The Morgan fingerprint density at radius 3 is 3.00 bits per heavy atom. The van der Waals surface area contributed by atoms with E-state index in [0.29, 0.717) is 12.4 Å². The van der Waals surface area contributed by atoms with Crippen LogP contribution in [0.5, 0.6) is 0 Å². The first-order valence-corrected chi connectivity index (χ1v) is 6.15. The second-order valence-corrected chi connectivity index (χ2v) is 4.62. The van der Waals surface area contributed by atoms with Crippen LogP contribution in [0.3, 0.4) is 0 Å². The summed E-state index contributed by atoms with van der Waals surface area (Å²) < 4.78 is 1.72. The fourth-order valence-electron chi connectivity index (χ4n) is 2.34. The molecule has 3 rings (SSSR count). The van der Waals surface area contributed by atoms with Crippen LogP contribution in [0.1, 0.15) is 30.0 Å². The summed E-state index contributed by atoms with van der Waals surface area (Å²) in [6.07, 6.45) is 4.95. The van der Waals surface area contributed by atoms with Gasteiger partial charge in [-0.15, -0.1) is 5.10 Å². The molecule has 0 saturated carbocycles. The molecule has 0 bridgehead atoms. The number of nitrogens with zero attached hydrogens (tertiary/aromatic N) is 6. The molecule has 0 aromatic carbocycles. The Hall–Kier alpha value is -2.31. The van der Waals surface area contributed by atoms with E-state index < -0.39 is 0 Å². The molecule has 2 aromatic rings. The molecule has 1 unspecified atom stereocenters. The van der Waals surface area contributed by atoms with Crippen molar-refractivity contribution in [3.63, 3.8) is 0 Å². The number of hydrogen-bond donors (Lipinski definition) is 0. The SMILES string of the molecule is Cc1cncc(-n2nnc3c2CCN(C=O)C3C)n1. The number of hydrogen-bond acceptors (Lipinski definition) is 5. The summed E-state index contributed by atoms with van der Waals surface area (Å²) in [6.45, 7) is 4.51. The Balaban J connectivity index is 2.05. The van der Waals surface area contributed by atoms with Gasteiger partial charge in [0.05, 0.1) is 23.6 Å². The van der Waals surface area contributed by atoms with Gasteiger partial charge in [-0.3, -0.25) is 9.78 Å². The topological polar surface area (TPSA) is 76.8 Å². The third-order valence-electron chi connectivity index (χ3n) is 3.39. The summed E-state index contributed by atoms with van der Waals surface area (Å²) in [6, 6.07) is -0.0484. The van der Waals surface area contributed by atoms with Gasteiger partial charge in [-0.2, -0.15) is 4.68 Å². The van der Waals surface area contributed by atoms with E-state index in [1.165, 1.54) is 0 Å². The summed E-state index contributed by atoms with van der Waals surface area (Å²) in [5.41, 5.74) is 2.67. The molecule has 1 atom stereocenters. The molecule has 2 aromatic heterocycles. The minimum atomic E-state index is -0.0484. The van der Waals surface area contributed by atoms with E-state index in [0.717, 1.165) is 29.9 Å². The third kappa shape index (κ3) is 1.87. The zero-order valence-electron chi connectivity index (χ0n) is 10.8. The maximum atomic E-state index is 11.0. The smallest absolute Gasteiger partial charge is 0.210 e. The highest BCUT2D eigenvalue weighted by atomic mass is 16.1. The van der Waals surface area contributed by atoms with Gasteiger partial charge in [0.1, 0.15) is 5.69 Å². The molecule has 0 saturated heterocycles. The zero-order chi connectivity index (χ0) is 13.4. The number of fused-ring (bicyclic) bond motifs is 1. The second-order valence-electron chi connectivity index (χ2n) is 4.62. The summed E-state index contributed by atoms with van der Waals surface area (Å²) in [5, 5.41) is 8.34. The molecule has 98 valence electrons. The first-order chi connectivity index (χ1) is 9.20. The summed E-state index contributed by atoms with van der Waals surface area (Å²) in [7, 11) is 0. The molecular weight excluding hydrogens is 244 g/mol. The monoisotopic (exact) mass is 258 g/mol. The van der Waals surface area contributed by atoms with E-state index in [1.807, 2.05) is 13.8 Å². The van der Waals surface area contributed by atoms with Crippen LogP contribution >= 0.6 is 0 Å². The molecule has 0 N–H and O–H groups in total. The molecule has 0 radical (unpaired) electrons. The van der Waals surface area contributed by atoms with Crippen LogP contribution in [0.25, 0.3) is 5.82 Å². The van der Waals surface area contributed by atoms with Crippen molar-refractivity contribution in [3.05, 3.63) is 29.5 Å². The summed E-state index contributed by atoms with van der Waals surface area (Å²) in [5.74, 6) is 0.667. The molecule has 0 fully saturated rings. The quantitative estimate of drug-likeness (QED) is 0.730. The summed E-state index contributed by atoms with van der Waals surface area (Å²) >= 11 is 0. The van der Waals surface area contributed by atoms with Crippen LogP contribution in [0, 0.1) is 6.92 Å². The maximum absolute atomic E-state index is 11.0. The van der Waals surface area contributed by atoms with Gasteiger partial charge in [-0.1, -0.05) is 5.21 Å². The minimum Gasteiger partial charge on any atom is -0.336 e. The summed E-state index contributed by atoms with van der Waals surface area (Å²) in [4.78, 5) is 21.2. The van der Waals surface area contributed by atoms with Gasteiger partial charge in [-0.05, 0) is 13.8 Å². The van der Waals surface area contributed by atoms with Crippen LogP contribution in [-0.2, 0) is 11.2 Å². The Morgan fingerprint density at radius 2 is 2.26 bits per heavy atom. The molecule has 3 heterocycles. The largest absolute Gasteiger partial charge is 0.336 e. The van der Waals surface area contributed by atoms with Gasteiger partial charge in [0.25, 0.3) is 0 Å². The van der Waals surface area contributed by atoms with E-state index in [1.54, 1.807) is 22.0 Å². The molecule has 1 aliphatic rings. The van der Waals surface area contributed by atoms with Crippen molar-refractivity contribution < 1.29 is 4.79 Å². The third-order valence-corrected chi connectivity index (χ3v) is 3.39. The van der Waals surface area contributed by atoms with E-state index in [-0.39, 0.29) is 6.04 Å². The van der Waals surface area contributed by atoms with Gasteiger partial charge >= 0.3 is 0 Å². The van der Waals surface area contributed by atoms with Gasteiger partial charge < -0.3 is 4.90 Å². The highest BCUT2D eigenvalue weighted by molar-refractivity contribution is 5.49. The molecule has 19 heavy (non-hydrogen) atoms. The fraction of sp³-hybridized carbons (Fsp3) is 0.417. The lowest BCUT2D eigenvalue weighted by molar-refractivity contribution is -0.120. The lowest BCUT2D eigenvalue weighted by atomic mass is 10.1. The van der Waals surface area contributed by atoms with Crippen LogP contribution in [0.15, 0.2) is 12.4 Å². The predicted octanol–water partition coefficient (Wildman–Crippen LogP) is 0.441. The number of carbonyl (C=O) groups excluding carboxylic acids is 1. The van der Waals surface area contributed by atoms with Crippen molar-refractivity contribution in [1.82, 2.24) is 29.9 Å². The van der Waals surface area contributed by atoms with Crippen molar-refractivity contribution in [2.75, 3.05) is 6.54 Å². The van der Waals surface area contributed by atoms with E-state index in [2.05, 4.69) is 20.3 Å². The average Bonchev–Trinajstić information content (AvgIpc) is 2.84. The zero-order valence-corrected chi connectivity index (χ0v) is 10.8. The van der Waals surface area contributed by atoms with Gasteiger partial charge in [-0.25, -0.2) is 4.98 Å². The Morgan fingerprint density at radius 1 is 1.42 bits per heavy atom. The molecule has 0 aliphatic carbocycles. The van der Waals surface area contributed by atoms with E-state index in [4.69, 9.17) is 0 Å². The number of aromatic nitrogens is 5. The number of carbonyl (C=O) groups is 1. The highest BCUT2D eigenvalue weighted by Crippen LogP contribution is 2.27. The molecule has 1 aliphatic heterocycles. The fourth-order valence-corrected chi connectivity index (χ4v) is 2.34. The van der Waals surface area contributed by atoms with Gasteiger partial charge in [0.15, 0.2) is 5.82 Å². The van der Waals surface area contributed by atoms with Crippen LogP contribution in [0.2, 0.25) is 0 Å². The molecule has 7 heteroatoms. The number of amides is 1. The average molecular weight is 258 g/mol. The first-order valence-electron chi connectivity index (χ1n) is 6.15. The first kappa shape index (κ1) is 11.8. The highest BCUT2D eigenvalue weighted by Gasteiger charge is 2.28. The molecule has 0 spiro atoms. The van der Waals surface area contributed by atoms with Crippen molar-refractivity contribution in [1.29, 1.82) is 0 Å². The lowest BCUT2D eigenvalue weighted by Crippen LogP contribution is -2.33. The Labute approximate surface area is 110 Å². The van der Waals surface area contributed by atoms with Crippen LogP contribution in [-0.4, -0.2) is 42.8 Å². The van der Waals surface area contributed by atoms with Gasteiger partial charge in [0.2, 0.25) is 6.41 Å². The van der Waals surface area contributed by atoms with Crippen LogP contribution in [0.4, 0.5) is 0 Å². The van der Waals surface area contributed by atoms with Crippen molar-refractivity contribution in [3.8, 4) is 5.82 Å². The molecular formula is C12H14N6O. The Bertz CT molecular complexity index is 622.